The number of hydrogen-bond donors (Lipinski definition) is 1. The Balaban J connectivity index is 2.19. The summed E-state index contributed by atoms with van der Waals surface area (Å²) in [7, 11) is -3.66. The Morgan fingerprint density at radius 3 is 2.39 bits per heavy atom. The van der Waals surface area contributed by atoms with E-state index < -0.39 is 16.1 Å². The first-order chi connectivity index (χ1) is 11.0. The number of sulfonamides is 1. The van der Waals surface area contributed by atoms with E-state index in [9.17, 15) is 8.42 Å². The molecule has 0 amide bonds. The lowest BCUT2D eigenvalue weighted by Gasteiger charge is -2.17. The molecule has 23 heavy (non-hydrogen) atoms. The minimum Gasteiger partial charge on any atom is -0.208 e. The lowest BCUT2D eigenvalue weighted by molar-refractivity contribution is 0.547. The summed E-state index contributed by atoms with van der Waals surface area (Å²) in [5.41, 5.74) is 10.5. The lowest BCUT2D eigenvalue weighted by atomic mass is 10.1. The molecule has 0 fully saturated rings. The molecule has 0 aromatic heterocycles. The maximum atomic E-state index is 12.5. The van der Waals surface area contributed by atoms with Crippen LogP contribution in [0, 0.1) is 6.92 Å². The maximum absolute atomic E-state index is 12.5. The van der Waals surface area contributed by atoms with Crippen molar-refractivity contribution >= 4 is 10.0 Å². The zero-order valence-corrected chi connectivity index (χ0v) is 13.6. The smallest absolute Gasteiger partial charge is 0.208 e. The Morgan fingerprint density at radius 2 is 1.78 bits per heavy atom. The van der Waals surface area contributed by atoms with E-state index in [1.54, 1.807) is 24.3 Å². The molecule has 6 nitrogen and oxygen atoms in total. The second kappa shape index (κ2) is 7.78. The van der Waals surface area contributed by atoms with E-state index in [0.717, 1.165) is 11.1 Å². The van der Waals surface area contributed by atoms with Gasteiger partial charge >= 0.3 is 0 Å². The van der Waals surface area contributed by atoms with Crippen molar-refractivity contribution in [2.75, 3.05) is 6.54 Å². The van der Waals surface area contributed by atoms with Crippen molar-refractivity contribution in [2.45, 2.75) is 24.3 Å². The van der Waals surface area contributed by atoms with E-state index in [1.807, 2.05) is 37.3 Å². The first-order valence-corrected chi connectivity index (χ1v) is 8.63. The highest BCUT2D eigenvalue weighted by atomic mass is 32.2. The molecule has 2 rings (SSSR count). The number of nitrogens with zero attached hydrogens (tertiary/aromatic N) is 3. The maximum Gasteiger partial charge on any atom is 0.240 e. The van der Waals surface area contributed by atoms with Gasteiger partial charge in [-0.15, -0.1) is 0 Å². The average Bonchev–Trinajstić information content (AvgIpc) is 2.54. The molecule has 0 spiro atoms. The van der Waals surface area contributed by atoms with E-state index in [-0.39, 0.29) is 11.4 Å². The van der Waals surface area contributed by atoms with Crippen LogP contribution in [0.4, 0.5) is 0 Å². The first kappa shape index (κ1) is 17.0. The molecule has 0 saturated carbocycles. The van der Waals surface area contributed by atoms with E-state index in [1.165, 1.54) is 0 Å². The summed E-state index contributed by atoms with van der Waals surface area (Å²) in [4.78, 5) is 2.92. The van der Waals surface area contributed by atoms with Crippen LogP contribution in [0.2, 0.25) is 0 Å². The van der Waals surface area contributed by atoms with Crippen molar-refractivity contribution in [3.63, 3.8) is 0 Å². The van der Waals surface area contributed by atoms with Crippen LogP contribution in [-0.2, 0) is 16.4 Å². The summed E-state index contributed by atoms with van der Waals surface area (Å²) >= 11 is 0. The zero-order valence-electron chi connectivity index (χ0n) is 12.8. The van der Waals surface area contributed by atoms with Gasteiger partial charge in [-0.3, -0.25) is 0 Å². The predicted octanol–water partition coefficient (Wildman–Crippen LogP) is 3.19. The molecule has 1 N–H and O–H groups in total. The van der Waals surface area contributed by atoms with Gasteiger partial charge in [0.2, 0.25) is 10.0 Å². The molecule has 0 unspecified atom stereocenters. The zero-order chi connectivity index (χ0) is 16.7. The fraction of sp³-hybridized carbons (Fsp3) is 0.250. The molecular formula is C16H18N4O2S. The monoisotopic (exact) mass is 330 g/mol. The van der Waals surface area contributed by atoms with Crippen LogP contribution in [0.1, 0.15) is 11.1 Å². The highest BCUT2D eigenvalue weighted by molar-refractivity contribution is 7.89. The van der Waals surface area contributed by atoms with Crippen LogP contribution >= 0.6 is 0 Å². The molecule has 7 heteroatoms. The molecule has 0 saturated heterocycles. The van der Waals surface area contributed by atoms with Gasteiger partial charge in [0.25, 0.3) is 0 Å². The number of nitrogens with one attached hydrogen (secondary N) is 1. The van der Waals surface area contributed by atoms with Crippen LogP contribution in [0.25, 0.3) is 10.4 Å². The molecule has 0 bridgehead atoms. The third kappa shape index (κ3) is 5.10. The molecular weight excluding hydrogens is 312 g/mol. The van der Waals surface area contributed by atoms with Crippen LogP contribution in [0.5, 0.6) is 0 Å². The van der Waals surface area contributed by atoms with E-state index in [4.69, 9.17) is 5.53 Å². The van der Waals surface area contributed by atoms with Crippen LogP contribution in [0.15, 0.2) is 64.6 Å². The fourth-order valence-electron chi connectivity index (χ4n) is 2.18. The second-order valence-corrected chi connectivity index (χ2v) is 6.95. The summed E-state index contributed by atoms with van der Waals surface area (Å²) in [5, 5.41) is 3.51. The summed E-state index contributed by atoms with van der Waals surface area (Å²) in [6, 6.07) is 15.6. The van der Waals surface area contributed by atoms with Gasteiger partial charge in [0.1, 0.15) is 0 Å². The van der Waals surface area contributed by atoms with Gasteiger partial charge < -0.3 is 0 Å². The SMILES string of the molecule is Cc1ccc(S(=O)(=O)N[C@@H](CN=[N+]=[N-])Cc2ccccc2)cc1. The molecule has 0 aliphatic carbocycles. The standard InChI is InChI=1S/C16H18N4O2S/c1-13-7-9-16(10-8-13)23(21,22)19-15(12-18-20-17)11-14-5-3-2-4-6-14/h2-10,15,19H,11-12H2,1H3/t15-/m1/s1. The molecule has 0 aliphatic rings. The van der Waals surface area contributed by atoms with Crippen molar-refractivity contribution in [1.29, 1.82) is 0 Å². The quantitative estimate of drug-likeness (QED) is 0.479. The third-order valence-corrected chi connectivity index (χ3v) is 4.88. The number of benzene rings is 2. The highest BCUT2D eigenvalue weighted by Gasteiger charge is 2.19. The van der Waals surface area contributed by atoms with Crippen molar-refractivity contribution < 1.29 is 8.42 Å². The Labute approximate surface area is 135 Å². The first-order valence-electron chi connectivity index (χ1n) is 7.15. The lowest BCUT2D eigenvalue weighted by Crippen LogP contribution is -2.38. The minimum absolute atomic E-state index is 0.0521. The number of azide groups is 1. The van der Waals surface area contributed by atoms with Crippen LogP contribution in [-0.4, -0.2) is 21.0 Å². The second-order valence-electron chi connectivity index (χ2n) is 5.23. The number of rotatable bonds is 7. The Hall–Kier alpha value is -2.34. The molecule has 2 aromatic rings. The molecule has 0 heterocycles. The van der Waals surface area contributed by atoms with Gasteiger partial charge in [0, 0.05) is 17.5 Å². The van der Waals surface area contributed by atoms with Gasteiger partial charge in [0.15, 0.2) is 0 Å². The molecule has 2 aromatic carbocycles. The normalized spacial score (nSPS) is 12.4. The average molecular weight is 330 g/mol. The number of aryl methyl sites for hydroxylation is 1. The van der Waals surface area contributed by atoms with Gasteiger partial charge in [0.05, 0.1) is 4.90 Å². The Kier molecular flexibility index (Phi) is 5.76. The van der Waals surface area contributed by atoms with Crippen molar-refractivity contribution in [3.05, 3.63) is 76.2 Å². The van der Waals surface area contributed by atoms with Gasteiger partial charge in [-0.25, -0.2) is 13.1 Å². The van der Waals surface area contributed by atoms with E-state index in [0.29, 0.717) is 6.42 Å². The number of hydrogen-bond acceptors (Lipinski definition) is 3. The summed E-state index contributed by atoms with van der Waals surface area (Å²) in [6.45, 7) is 1.94. The summed E-state index contributed by atoms with van der Waals surface area (Å²) in [5.74, 6) is 0. The molecule has 120 valence electrons. The fourth-order valence-corrected chi connectivity index (χ4v) is 3.41. The van der Waals surface area contributed by atoms with Crippen molar-refractivity contribution in [2.24, 2.45) is 5.11 Å². The van der Waals surface area contributed by atoms with Crippen molar-refractivity contribution in [1.82, 2.24) is 4.72 Å². The van der Waals surface area contributed by atoms with Crippen LogP contribution in [0.3, 0.4) is 0 Å². The Bertz CT molecular complexity index is 783. The summed E-state index contributed by atoms with van der Waals surface area (Å²) < 4.78 is 27.5. The summed E-state index contributed by atoms with van der Waals surface area (Å²) in [6.07, 6.45) is 0.449. The molecule has 1 atom stereocenters. The van der Waals surface area contributed by atoms with Gasteiger partial charge in [-0.1, -0.05) is 53.1 Å². The van der Waals surface area contributed by atoms with Gasteiger partial charge in [-0.05, 0) is 36.6 Å². The molecule has 0 aliphatic heterocycles. The highest BCUT2D eigenvalue weighted by Crippen LogP contribution is 2.12. The van der Waals surface area contributed by atoms with Crippen LogP contribution < -0.4 is 4.72 Å². The van der Waals surface area contributed by atoms with E-state index >= 15 is 0 Å². The molecule has 0 radical (unpaired) electrons. The Morgan fingerprint density at radius 1 is 1.13 bits per heavy atom. The largest absolute Gasteiger partial charge is 0.240 e. The predicted molar refractivity (Wildman–Crippen MR) is 89.4 cm³/mol. The van der Waals surface area contributed by atoms with Crippen molar-refractivity contribution in [3.8, 4) is 0 Å². The third-order valence-electron chi connectivity index (χ3n) is 3.34. The van der Waals surface area contributed by atoms with Gasteiger partial charge in [-0.2, -0.15) is 0 Å². The minimum atomic E-state index is -3.66. The van der Waals surface area contributed by atoms with E-state index in [2.05, 4.69) is 14.7 Å². The topological polar surface area (TPSA) is 94.9 Å².